The fourth-order valence-electron chi connectivity index (χ4n) is 1.78. The summed E-state index contributed by atoms with van der Waals surface area (Å²) in [7, 11) is 0. The first-order valence-electron chi connectivity index (χ1n) is 5.74. The number of Topliss-reactive ketones (excluding diaryl/α,β-unsaturated/α-hetero) is 1. The van der Waals surface area contributed by atoms with Crippen molar-refractivity contribution >= 4 is 33.3 Å². The van der Waals surface area contributed by atoms with Crippen LogP contribution in [-0.2, 0) is 17.6 Å². The molecule has 0 aliphatic rings. The summed E-state index contributed by atoms with van der Waals surface area (Å²) >= 11 is 9.28. The van der Waals surface area contributed by atoms with Crippen LogP contribution >= 0.6 is 27.5 Å². The van der Waals surface area contributed by atoms with Gasteiger partial charge < -0.3 is 0 Å². The lowest BCUT2D eigenvalue weighted by Gasteiger charge is -2.04. The highest BCUT2D eigenvalue weighted by atomic mass is 79.9. The molecule has 0 aliphatic carbocycles. The molecule has 0 atom stereocenters. The Bertz CT molecular complexity index is 596. The Kier molecular flexibility index (Phi) is 4.72. The Hall–Kier alpha value is -1.19. The number of hydrogen-bond acceptors (Lipinski definition) is 1. The van der Waals surface area contributed by atoms with E-state index in [0.29, 0.717) is 17.0 Å². The second-order valence-electron chi connectivity index (χ2n) is 4.25. The van der Waals surface area contributed by atoms with Gasteiger partial charge in [0.25, 0.3) is 0 Å². The summed E-state index contributed by atoms with van der Waals surface area (Å²) in [5.41, 5.74) is 1.46. The normalized spacial score (nSPS) is 10.5. The molecule has 19 heavy (non-hydrogen) atoms. The van der Waals surface area contributed by atoms with Gasteiger partial charge in [-0.1, -0.05) is 39.7 Å². The Labute approximate surface area is 124 Å². The molecule has 0 saturated heterocycles. The molecule has 0 heterocycles. The molecule has 1 nitrogen and oxygen atoms in total. The van der Waals surface area contributed by atoms with Gasteiger partial charge in [0.15, 0.2) is 0 Å². The molecule has 2 aromatic carbocycles. The third-order valence-electron chi connectivity index (χ3n) is 2.71. The van der Waals surface area contributed by atoms with Crippen molar-refractivity contribution in [3.8, 4) is 0 Å². The van der Waals surface area contributed by atoms with Gasteiger partial charge in [-0.05, 0) is 41.5 Å². The fourth-order valence-corrected chi connectivity index (χ4v) is 2.23. The Balaban J connectivity index is 2.05. The summed E-state index contributed by atoms with van der Waals surface area (Å²) in [5.74, 6) is -0.370. The van der Waals surface area contributed by atoms with E-state index in [-0.39, 0.29) is 18.0 Å². The van der Waals surface area contributed by atoms with Gasteiger partial charge in [0.05, 0.1) is 0 Å². The van der Waals surface area contributed by atoms with E-state index in [1.165, 1.54) is 18.2 Å². The van der Waals surface area contributed by atoms with Crippen LogP contribution < -0.4 is 0 Å². The number of benzene rings is 2. The van der Waals surface area contributed by atoms with E-state index in [4.69, 9.17) is 11.6 Å². The molecule has 0 aliphatic heterocycles. The predicted octanol–water partition coefficient (Wildman–Crippen LogP) is 4.60. The maximum absolute atomic E-state index is 13.1. The van der Waals surface area contributed by atoms with E-state index in [1.54, 1.807) is 0 Å². The average molecular weight is 342 g/mol. The fraction of sp³-hybridized carbons (Fsp3) is 0.133. The van der Waals surface area contributed by atoms with E-state index in [1.807, 2.05) is 24.3 Å². The zero-order chi connectivity index (χ0) is 13.8. The van der Waals surface area contributed by atoms with Gasteiger partial charge in [0.2, 0.25) is 0 Å². The molecule has 0 saturated carbocycles. The van der Waals surface area contributed by atoms with Crippen LogP contribution in [0.2, 0.25) is 5.02 Å². The summed E-state index contributed by atoms with van der Waals surface area (Å²) < 4.78 is 14.1. The van der Waals surface area contributed by atoms with Gasteiger partial charge in [-0.15, -0.1) is 0 Å². The van der Waals surface area contributed by atoms with Crippen molar-refractivity contribution in [3.05, 3.63) is 68.9 Å². The Morgan fingerprint density at radius 3 is 2.47 bits per heavy atom. The standard InChI is InChI=1S/C15H11BrClFO/c16-12-3-1-10(2-4-12)7-14(19)9-11-8-13(18)5-6-15(11)17/h1-6,8H,7,9H2. The maximum atomic E-state index is 13.1. The summed E-state index contributed by atoms with van der Waals surface area (Å²) in [6.45, 7) is 0. The first kappa shape index (κ1) is 14.2. The highest BCUT2D eigenvalue weighted by molar-refractivity contribution is 9.10. The molecule has 2 rings (SSSR count). The van der Waals surface area contributed by atoms with Crippen molar-refractivity contribution in [1.29, 1.82) is 0 Å². The van der Waals surface area contributed by atoms with Gasteiger partial charge in [-0.3, -0.25) is 4.79 Å². The first-order valence-corrected chi connectivity index (χ1v) is 6.92. The van der Waals surface area contributed by atoms with Crippen molar-refractivity contribution in [3.63, 3.8) is 0 Å². The van der Waals surface area contributed by atoms with Crippen molar-refractivity contribution in [2.45, 2.75) is 12.8 Å². The van der Waals surface area contributed by atoms with E-state index in [0.717, 1.165) is 10.0 Å². The van der Waals surface area contributed by atoms with Crippen LogP contribution in [0.3, 0.4) is 0 Å². The van der Waals surface area contributed by atoms with Gasteiger partial charge in [-0.25, -0.2) is 4.39 Å². The molecule has 4 heteroatoms. The van der Waals surface area contributed by atoms with Crippen LogP contribution in [0.15, 0.2) is 46.9 Å². The van der Waals surface area contributed by atoms with Gasteiger partial charge in [-0.2, -0.15) is 0 Å². The van der Waals surface area contributed by atoms with Crippen LogP contribution in [0.4, 0.5) is 4.39 Å². The topological polar surface area (TPSA) is 17.1 Å². The summed E-state index contributed by atoms with van der Waals surface area (Å²) in [5, 5.41) is 0.422. The van der Waals surface area contributed by atoms with E-state index < -0.39 is 0 Å². The van der Waals surface area contributed by atoms with E-state index in [2.05, 4.69) is 15.9 Å². The Morgan fingerprint density at radius 2 is 1.79 bits per heavy atom. The molecule has 0 unspecified atom stereocenters. The van der Waals surface area contributed by atoms with Crippen LogP contribution in [0.25, 0.3) is 0 Å². The van der Waals surface area contributed by atoms with Gasteiger partial charge in [0, 0.05) is 22.3 Å². The molecular formula is C15H11BrClFO. The second-order valence-corrected chi connectivity index (χ2v) is 5.58. The number of ketones is 1. The zero-order valence-electron chi connectivity index (χ0n) is 10.00. The second kappa shape index (κ2) is 6.31. The quantitative estimate of drug-likeness (QED) is 0.794. The number of carbonyl (C=O) groups excluding carboxylic acids is 1. The predicted molar refractivity (Wildman–Crippen MR) is 78.0 cm³/mol. The largest absolute Gasteiger partial charge is 0.299 e. The number of carbonyl (C=O) groups is 1. The van der Waals surface area contributed by atoms with Crippen LogP contribution in [0.1, 0.15) is 11.1 Å². The molecule has 98 valence electrons. The zero-order valence-corrected chi connectivity index (χ0v) is 12.3. The number of rotatable bonds is 4. The maximum Gasteiger partial charge on any atom is 0.141 e. The van der Waals surface area contributed by atoms with E-state index in [9.17, 15) is 9.18 Å². The molecule has 0 fully saturated rings. The lowest BCUT2D eigenvalue weighted by Crippen LogP contribution is -2.07. The van der Waals surface area contributed by atoms with Crippen LogP contribution in [0.5, 0.6) is 0 Å². The van der Waals surface area contributed by atoms with E-state index >= 15 is 0 Å². The lowest BCUT2D eigenvalue weighted by atomic mass is 10.0. The smallest absolute Gasteiger partial charge is 0.141 e. The highest BCUT2D eigenvalue weighted by Crippen LogP contribution is 2.19. The van der Waals surface area contributed by atoms with Crippen molar-refractivity contribution in [2.24, 2.45) is 0 Å². The third-order valence-corrected chi connectivity index (χ3v) is 3.61. The minimum Gasteiger partial charge on any atom is -0.299 e. The van der Waals surface area contributed by atoms with Gasteiger partial charge >= 0.3 is 0 Å². The molecule has 0 N–H and O–H groups in total. The molecule has 0 bridgehead atoms. The first-order chi connectivity index (χ1) is 9.04. The Morgan fingerprint density at radius 1 is 1.11 bits per heavy atom. The molecule has 0 radical (unpaired) electrons. The highest BCUT2D eigenvalue weighted by Gasteiger charge is 2.09. The van der Waals surface area contributed by atoms with Crippen molar-refractivity contribution in [1.82, 2.24) is 0 Å². The molecule has 0 aromatic heterocycles. The van der Waals surface area contributed by atoms with Crippen molar-refractivity contribution < 1.29 is 9.18 Å². The van der Waals surface area contributed by atoms with Crippen LogP contribution in [-0.4, -0.2) is 5.78 Å². The minimum atomic E-state index is -0.379. The number of halogens is 3. The summed E-state index contributed by atoms with van der Waals surface area (Å²) in [6, 6.07) is 11.6. The third kappa shape index (κ3) is 4.15. The van der Waals surface area contributed by atoms with Crippen LogP contribution in [0, 0.1) is 5.82 Å². The summed E-state index contributed by atoms with van der Waals surface area (Å²) in [4.78, 5) is 11.9. The molecule has 0 spiro atoms. The van der Waals surface area contributed by atoms with Crippen molar-refractivity contribution in [2.75, 3.05) is 0 Å². The monoisotopic (exact) mass is 340 g/mol. The lowest BCUT2D eigenvalue weighted by molar-refractivity contribution is -0.117. The SMILES string of the molecule is O=C(Cc1ccc(Br)cc1)Cc1cc(F)ccc1Cl. The summed E-state index contributed by atoms with van der Waals surface area (Å²) in [6.07, 6.45) is 0.465. The molecule has 0 amide bonds. The minimum absolute atomic E-state index is 0.00909. The average Bonchev–Trinajstić information content (AvgIpc) is 2.37. The molecule has 2 aromatic rings. The van der Waals surface area contributed by atoms with Gasteiger partial charge in [0.1, 0.15) is 11.6 Å². The molecular weight excluding hydrogens is 331 g/mol. The number of hydrogen-bond donors (Lipinski definition) is 0.